The van der Waals surface area contributed by atoms with Gasteiger partial charge in [-0.25, -0.2) is 0 Å². The summed E-state index contributed by atoms with van der Waals surface area (Å²) >= 11 is 0. The zero-order valence-electron chi connectivity index (χ0n) is 38.3. The lowest BCUT2D eigenvalue weighted by Gasteiger charge is -2.18. The molecule has 0 unspecified atom stereocenters. The van der Waals surface area contributed by atoms with Gasteiger partial charge < -0.3 is 14.2 Å². The first-order valence-corrected chi connectivity index (χ1v) is 24.6. The first-order valence-electron chi connectivity index (χ1n) is 24.6. The predicted octanol–water partition coefficient (Wildman–Crippen LogP) is 15.9. The molecule has 0 spiro atoms. The molecule has 0 aromatic carbocycles. The summed E-state index contributed by atoms with van der Waals surface area (Å²) in [7, 11) is 0. The second-order valence-corrected chi connectivity index (χ2v) is 16.4. The highest BCUT2D eigenvalue weighted by Gasteiger charge is 2.19. The highest BCUT2D eigenvalue weighted by molar-refractivity contribution is 5.71. The van der Waals surface area contributed by atoms with Gasteiger partial charge in [0.1, 0.15) is 13.2 Å². The molecule has 58 heavy (non-hydrogen) atoms. The van der Waals surface area contributed by atoms with Crippen LogP contribution in [-0.4, -0.2) is 37.2 Å². The summed E-state index contributed by atoms with van der Waals surface area (Å²) in [5.74, 6) is -0.932. The number of esters is 3. The number of carbonyl (C=O) groups is 3. The van der Waals surface area contributed by atoms with Gasteiger partial charge in [-0.1, -0.05) is 191 Å². The van der Waals surface area contributed by atoms with Crippen molar-refractivity contribution in [1.82, 2.24) is 0 Å². The maximum atomic E-state index is 12.7. The molecule has 0 bridgehead atoms. The normalized spacial score (nSPS) is 12.4. The highest BCUT2D eigenvalue weighted by atomic mass is 16.6. The second kappa shape index (κ2) is 47.1. The van der Waals surface area contributed by atoms with Crippen LogP contribution in [0.5, 0.6) is 0 Å². The van der Waals surface area contributed by atoms with Crippen LogP contribution >= 0.6 is 0 Å². The molecule has 1 atom stereocenters. The van der Waals surface area contributed by atoms with E-state index >= 15 is 0 Å². The predicted molar refractivity (Wildman–Crippen MR) is 247 cm³/mol. The monoisotopic (exact) mass is 813 g/mol. The van der Waals surface area contributed by atoms with Gasteiger partial charge in [-0.2, -0.15) is 0 Å². The van der Waals surface area contributed by atoms with Crippen molar-refractivity contribution in [3.05, 3.63) is 48.6 Å². The molecule has 0 fully saturated rings. The topological polar surface area (TPSA) is 78.9 Å². The molecule has 0 rings (SSSR count). The van der Waals surface area contributed by atoms with Gasteiger partial charge in [-0.3, -0.25) is 14.4 Å². The fourth-order valence-electron chi connectivity index (χ4n) is 6.80. The lowest BCUT2D eigenvalue weighted by atomic mass is 10.1. The minimum absolute atomic E-state index is 0.0867. The van der Waals surface area contributed by atoms with Crippen LogP contribution in [0.2, 0.25) is 0 Å². The lowest BCUT2D eigenvalue weighted by molar-refractivity contribution is -0.167. The molecular formula is C52H92O6. The SMILES string of the molecule is CCCCC/C=C\C/C=C\C/C=C\CCCCC(=O)OC[C@@H](COC(=O)CCCCCCCCCCCCC)OC(=O)CCCCCCC/C=C\CCCCCCC. The van der Waals surface area contributed by atoms with Crippen molar-refractivity contribution < 1.29 is 28.6 Å². The minimum atomic E-state index is -0.788. The molecule has 6 heteroatoms. The van der Waals surface area contributed by atoms with E-state index < -0.39 is 6.10 Å². The molecule has 0 radical (unpaired) electrons. The summed E-state index contributed by atoms with van der Waals surface area (Å²) in [4.78, 5) is 37.8. The Bertz CT molecular complexity index is 1030. The van der Waals surface area contributed by atoms with Crippen LogP contribution in [0.25, 0.3) is 0 Å². The van der Waals surface area contributed by atoms with Gasteiger partial charge >= 0.3 is 17.9 Å². The van der Waals surface area contributed by atoms with E-state index in [0.717, 1.165) is 83.5 Å². The van der Waals surface area contributed by atoms with Crippen molar-refractivity contribution in [3.63, 3.8) is 0 Å². The molecule has 0 aromatic heterocycles. The van der Waals surface area contributed by atoms with Gasteiger partial charge in [0.2, 0.25) is 0 Å². The van der Waals surface area contributed by atoms with Crippen molar-refractivity contribution in [2.75, 3.05) is 13.2 Å². The molecule has 0 N–H and O–H groups in total. The van der Waals surface area contributed by atoms with Crippen LogP contribution in [0.15, 0.2) is 48.6 Å². The third-order valence-corrected chi connectivity index (χ3v) is 10.6. The van der Waals surface area contributed by atoms with Crippen molar-refractivity contribution in [1.29, 1.82) is 0 Å². The van der Waals surface area contributed by atoms with Gasteiger partial charge in [0.15, 0.2) is 6.10 Å². The maximum absolute atomic E-state index is 12.7. The molecule has 0 aliphatic heterocycles. The molecule has 0 aromatic rings. The molecule has 0 amide bonds. The summed E-state index contributed by atoms with van der Waals surface area (Å²) in [6.07, 6.45) is 55.2. The van der Waals surface area contributed by atoms with Crippen LogP contribution < -0.4 is 0 Å². The molecular weight excluding hydrogens is 721 g/mol. The average molecular weight is 813 g/mol. The number of rotatable bonds is 44. The Balaban J connectivity index is 4.44. The molecule has 0 saturated heterocycles. The maximum Gasteiger partial charge on any atom is 0.306 e. The van der Waals surface area contributed by atoms with Crippen LogP contribution in [0.3, 0.4) is 0 Å². The van der Waals surface area contributed by atoms with E-state index in [1.54, 1.807) is 0 Å². The Morgan fingerprint density at radius 1 is 0.345 bits per heavy atom. The number of unbranched alkanes of at least 4 members (excludes halogenated alkanes) is 25. The lowest BCUT2D eigenvalue weighted by Crippen LogP contribution is -2.30. The third kappa shape index (κ3) is 44.5. The van der Waals surface area contributed by atoms with Gasteiger partial charge in [0.25, 0.3) is 0 Å². The number of carbonyl (C=O) groups excluding carboxylic acids is 3. The first kappa shape index (κ1) is 55.4. The van der Waals surface area contributed by atoms with Crippen molar-refractivity contribution >= 4 is 17.9 Å². The molecule has 0 saturated carbocycles. The average Bonchev–Trinajstić information content (AvgIpc) is 3.22. The van der Waals surface area contributed by atoms with Crippen LogP contribution in [0.4, 0.5) is 0 Å². The Labute approximate surface area is 358 Å². The molecule has 6 nitrogen and oxygen atoms in total. The summed E-state index contributed by atoms with van der Waals surface area (Å²) in [5.41, 5.74) is 0. The molecule has 336 valence electrons. The minimum Gasteiger partial charge on any atom is -0.462 e. The van der Waals surface area contributed by atoms with Gasteiger partial charge in [-0.15, -0.1) is 0 Å². The van der Waals surface area contributed by atoms with Gasteiger partial charge in [0.05, 0.1) is 0 Å². The van der Waals surface area contributed by atoms with Crippen molar-refractivity contribution in [3.8, 4) is 0 Å². The van der Waals surface area contributed by atoms with Crippen LogP contribution in [0, 0.1) is 0 Å². The Hall–Kier alpha value is -2.63. The van der Waals surface area contributed by atoms with E-state index in [4.69, 9.17) is 14.2 Å². The second-order valence-electron chi connectivity index (χ2n) is 16.4. The largest absolute Gasteiger partial charge is 0.462 e. The third-order valence-electron chi connectivity index (χ3n) is 10.6. The summed E-state index contributed by atoms with van der Waals surface area (Å²) in [6.45, 7) is 6.55. The Kier molecular flexibility index (Phi) is 44.9. The van der Waals surface area contributed by atoms with E-state index in [2.05, 4.69) is 69.4 Å². The number of allylic oxidation sites excluding steroid dienone is 8. The molecule has 0 heterocycles. The van der Waals surface area contributed by atoms with E-state index in [1.807, 2.05) is 0 Å². The number of hydrogen-bond donors (Lipinski definition) is 0. The van der Waals surface area contributed by atoms with Crippen molar-refractivity contribution in [2.45, 2.75) is 252 Å². The quantitative estimate of drug-likeness (QED) is 0.0264. The number of hydrogen-bond acceptors (Lipinski definition) is 6. The zero-order chi connectivity index (χ0) is 42.3. The smallest absolute Gasteiger partial charge is 0.306 e. The Morgan fingerprint density at radius 3 is 1.05 bits per heavy atom. The first-order chi connectivity index (χ1) is 28.5. The van der Waals surface area contributed by atoms with Crippen molar-refractivity contribution in [2.24, 2.45) is 0 Å². The Morgan fingerprint density at radius 2 is 0.621 bits per heavy atom. The van der Waals surface area contributed by atoms with Gasteiger partial charge in [-0.05, 0) is 83.5 Å². The van der Waals surface area contributed by atoms with E-state index in [1.165, 1.54) is 122 Å². The van der Waals surface area contributed by atoms with E-state index in [9.17, 15) is 14.4 Å². The fraction of sp³-hybridized carbons (Fsp3) is 0.788. The van der Waals surface area contributed by atoms with E-state index in [0.29, 0.717) is 19.3 Å². The molecule has 0 aliphatic carbocycles. The number of ether oxygens (including phenoxy) is 3. The zero-order valence-corrected chi connectivity index (χ0v) is 38.3. The highest BCUT2D eigenvalue weighted by Crippen LogP contribution is 2.14. The van der Waals surface area contributed by atoms with E-state index in [-0.39, 0.29) is 31.1 Å². The van der Waals surface area contributed by atoms with Crippen LogP contribution in [0.1, 0.15) is 245 Å². The van der Waals surface area contributed by atoms with Gasteiger partial charge in [0, 0.05) is 19.3 Å². The summed E-state index contributed by atoms with van der Waals surface area (Å²) < 4.78 is 16.7. The molecule has 0 aliphatic rings. The standard InChI is InChI=1S/C52H92O6/c1-4-7-10-13-16-19-22-24-26-28-30-33-36-39-42-45-51(54)57-48-49(47-56-50(53)44-41-38-35-32-29-21-18-15-12-9-6-3)58-52(55)46-43-40-37-34-31-27-25-23-20-17-14-11-8-5-2/h16,19,23-26,30,33,49H,4-15,17-18,20-22,27-29,31-32,34-48H2,1-3H3/b19-16-,25-23-,26-24-,33-30-/t49-/m1/s1. The van der Waals surface area contributed by atoms with Crippen LogP contribution in [-0.2, 0) is 28.6 Å². The fourth-order valence-corrected chi connectivity index (χ4v) is 6.80. The summed E-state index contributed by atoms with van der Waals surface area (Å²) in [5, 5.41) is 0. The summed E-state index contributed by atoms with van der Waals surface area (Å²) in [6, 6.07) is 0.